The number of amides is 1. The van der Waals surface area contributed by atoms with Gasteiger partial charge < -0.3 is 15.4 Å². The Hall–Kier alpha value is -1.62. The number of rotatable bonds is 6. The fourth-order valence-corrected chi connectivity index (χ4v) is 2.52. The van der Waals surface area contributed by atoms with Crippen LogP contribution in [0.4, 0.5) is 4.39 Å². The van der Waals surface area contributed by atoms with Crippen molar-refractivity contribution in [3.05, 3.63) is 30.1 Å². The van der Waals surface area contributed by atoms with Gasteiger partial charge in [-0.3, -0.25) is 4.79 Å². The summed E-state index contributed by atoms with van der Waals surface area (Å²) in [5.74, 6) is 0.644. The molecular formula is C16H23FN2O2. The van der Waals surface area contributed by atoms with Crippen molar-refractivity contribution in [3.63, 3.8) is 0 Å². The van der Waals surface area contributed by atoms with Crippen molar-refractivity contribution in [2.75, 3.05) is 19.7 Å². The third kappa shape index (κ3) is 5.34. The van der Waals surface area contributed by atoms with Crippen LogP contribution >= 0.6 is 0 Å². The summed E-state index contributed by atoms with van der Waals surface area (Å²) < 4.78 is 18.2. The van der Waals surface area contributed by atoms with Gasteiger partial charge in [0.1, 0.15) is 11.6 Å². The van der Waals surface area contributed by atoms with Crippen molar-refractivity contribution in [1.29, 1.82) is 0 Å². The molecule has 0 saturated carbocycles. The number of carbonyl (C=O) groups is 1. The van der Waals surface area contributed by atoms with Crippen molar-refractivity contribution in [3.8, 4) is 5.75 Å². The minimum Gasteiger partial charge on any atom is -0.494 e. The number of carbonyl (C=O) groups excluding carboxylic acids is 1. The van der Waals surface area contributed by atoms with E-state index in [1.807, 2.05) is 0 Å². The molecule has 2 N–H and O–H groups in total. The molecule has 1 fully saturated rings. The lowest BCUT2D eigenvalue weighted by molar-refractivity contribution is -0.126. The van der Waals surface area contributed by atoms with E-state index in [0.717, 1.165) is 25.8 Å². The molecule has 2 rings (SSSR count). The van der Waals surface area contributed by atoms with Crippen LogP contribution in [0.15, 0.2) is 24.3 Å². The Labute approximate surface area is 125 Å². The monoisotopic (exact) mass is 294 g/mol. The average Bonchev–Trinajstić information content (AvgIpc) is 2.48. The number of piperidine rings is 1. The summed E-state index contributed by atoms with van der Waals surface area (Å²) in [5, 5.41) is 6.30. The van der Waals surface area contributed by atoms with E-state index in [-0.39, 0.29) is 17.6 Å². The van der Waals surface area contributed by atoms with Gasteiger partial charge in [0, 0.05) is 18.5 Å². The summed E-state index contributed by atoms with van der Waals surface area (Å²) in [4.78, 5) is 12.0. The lowest BCUT2D eigenvalue weighted by Crippen LogP contribution is -2.42. The topological polar surface area (TPSA) is 50.4 Å². The highest BCUT2D eigenvalue weighted by Gasteiger charge is 2.24. The number of nitrogens with one attached hydrogen (secondary N) is 2. The SMILES string of the molecule is C[C@H]1C[C@@H](C(=O)NCCCOc2ccc(F)cc2)CCN1. The van der Waals surface area contributed by atoms with E-state index in [9.17, 15) is 9.18 Å². The highest BCUT2D eigenvalue weighted by Crippen LogP contribution is 2.16. The zero-order valence-corrected chi connectivity index (χ0v) is 12.4. The molecule has 1 aliphatic heterocycles. The van der Waals surface area contributed by atoms with Gasteiger partial charge in [-0.1, -0.05) is 0 Å². The molecule has 1 heterocycles. The van der Waals surface area contributed by atoms with Crippen LogP contribution in [0.1, 0.15) is 26.2 Å². The number of ether oxygens (including phenoxy) is 1. The summed E-state index contributed by atoms with van der Waals surface area (Å²) in [7, 11) is 0. The summed E-state index contributed by atoms with van der Waals surface area (Å²) in [5.41, 5.74) is 0. The smallest absolute Gasteiger partial charge is 0.223 e. The van der Waals surface area contributed by atoms with Gasteiger partial charge in [-0.05, 0) is 57.0 Å². The summed E-state index contributed by atoms with van der Waals surface area (Å²) in [6.45, 7) is 4.13. The van der Waals surface area contributed by atoms with Gasteiger partial charge in [0.15, 0.2) is 0 Å². The number of hydrogen-bond acceptors (Lipinski definition) is 3. The maximum Gasteiger partial charge on any atom is 0.223 e. The van der Waals surface area contributed by atoms with Crippen LogP contribution in [0, 0.1) is 11.7 Å². The molecule has 0 bridgehead atoms. The summed E-state index contributed by atoms with van der Waals surface area (Å²) in [6.07, 6.45) is 2.55. The Bertz CT molecular complexity index is 450. The lowest BCUT2D eigenvalue weighted by Gasteiger charge is -2.27. The van der Waals surface area contributed by atoms with Gasteiger partial charge in [-0.25, -0.2) is 4.39 Å². The fourth-order valence-electron chi connectivity index (χ4n) is 2.52. The van der Waals surface area contributed by atoms with E-state index in [1.165, 1.54) is 12.1 Å². The molecule has 0 aromatic heterocycles. The van der Waals surface area contributed by atoms with Gasteiger partial charge in [-0.2, -0.15) is 0 Å². The molecular weight excluding hydrogens is 271 g/mol. The van der Waals surface area contributed by atoms with Gasteiger partial charge in [0.25, 0.3) is 0 Å². The Kier molecular flexibility index (Phi) is 5.99. The molecule has 116 valence electrons. The molecule has 0 spiro atoms. The lowest BCUT2D eigenvalue weighted by atomic mass is 9.92. The summed E-state index contributed by atoms with van der Waals surface area (Å²) in [6, 6.07) is 6.36. The van der Waals surface area contributed by atoms with Gasteiger partial charge in [0.05, 0.1) is 6.61 Å². The first-order chi connectivity index (χ1) is 10.1. The van der Waals surface area contributed by atoms with Crippen LogP contribution in [-0.2, 0) is 4.79 Å². The summed E-state index contributed by atoms with van der Waals surface area (Å²) >= 11 is 0. The normalized spacial score (nSPS) is 21.8. The largest absolute Gasteiger partial charge is 0.494 e. The molecule has 1 aliphatic rings. The first kappa shape index (κ1) is 15.8. The zero-order chi connectivity index (χ0) is 15.1. The van der Waals surface area contributed by atoms with Crippen molar-refractivity contribution in [2.24, 2.45) is 5.92 Å². The van der Waals surface area contributed by atoms with Crippen LogP contribution in [-0.4, -0.2) is 31.6 Å². The van der Waals surface area contributed by atoms with Gasteiger partial charge >= 0.3 is 0 Å². The first-order valence-corrected chi connectivity index (χ1v) is 7.54. The van der Waals surface area contributed by atoms with E-state index in [2.05, 4.69) is 17.6 Å². The molecule has 5 heteroatoms. The van der Waals surface area contributed by atoms with Crippen molar-refractivity contribution in [1.82, 2.24) is 10.6 Å². The second kappa shape index (κ2) is 7.98. The van der Waals surface area contributed by atoms with Crippen molar-refractivity contribution < 1.29 is 13.9 Å². The molecule has 0 radical (unpaired) electrons. The molecule has 2 atom stereocenters. The Balaban J connectivity index is 1.59. The standard InChI is InChI=1S/C16H23FN2O2/c1-12-11-13(7-9-18-12)16(20)19-8-2-10-21-15-5-3-14(17)4-6-15/h3-6,12-13,18H,2,7-11H2,1H3,(H,19,20)/t12-,13-/m0/s1. The van der Waals surface area contributed by atoms with Crippen LogP contribution in [0.25, 0.3) is 0 Å². The van der Waals surface area contributed by atoms with E-state index in [0.29, 0.717) is 24.9 Å². The molecule has 1 aromatic rings. The van der Waals surface area contributed by atoms with E-state index >= 15 is 0 Å². The van der Waals surface area contributed by atoms with Crippen LogP contribution in [0.2, 0.25) is 0 Å². The van der Waals surface area contributed by atoms with Gasteiger partial charge in [-0.15, -0.1) is 0 Å². The highest BCUT2D eigenvalue weighted by atomic mass is 19.1. The molecule has 1 amide bonds. The van der Waals surface area contributed by atoms with Crippen LogP contribution in [0.3, 0.4) is 0 Å². The van der Waals surface area contributed by atoms with Crippen LogP contribution < -0.4 is 15.4 Å². The maximum absolute atomic E-state index is 12.7. The predicted molar refractivity (Wildman–Crippen MR) is 79.7 cm³/mol. The quantitative estimate of drug-likeness (QED) is 0.790. The Morgan fingerprint density at radius 1 is 1.43 bits per heavy atom. The third-order valence-corrected chi connectivity index (χ3v) is 3.70. The van der Waals surface area contributed by atoms with Crippen LogP contribution in [0.5, 0.6) is 5.75 Å². The molecule has 21 heavy (non-hydrogen) atoms. The first-order valence-electron chi connectivity index (χ1n) is 7.54. The predicted octanol–water partition coefficient (Wildman–Crippen LogP) is 2.10. The number of benzene rings is 1. The van der Waals surface area contributed by atoms with E-state index in [4.69, 9.17) is 4.74 Å². The third-order valence-electron chi connectivity index (χ3n) is 3.70. The average molecular weight is 294 g/mol. The number of hydrogen-bond donors (Lipinski definition) is 2. The Morgan fingerprint density at radius 2 is 2.19 bits per heavy atom. The molecule has 0 unspecified atom stereocenters. The van der Waals surface area contributed by atoms with E-state index in [1.54, 1.807) is 12.1 Å². The second-order valence-corrected chi connectivity index (χ2v) is 5.52. The highest BCUT2D eigenvalue weighted by molar-refractivity contribution is 5.78. The van der Waals surface area contributed by atoms with E-state index < -0.39 is 0 Å². The van der Waals surface area contributed by atoms with Crippen molar-refractivity contribution >= 4 is 5.91 Å². The molecule has 1 aromatic carbocycles. The fraction of sp³-hybridized carbons (Fsp3) is 0.562. The zero-order valence-electron chi connectivity index (χ0n) is 12.4. The maximum atomic E-state index is 12.7. The van der Waals surface area contributed by atoms with Crippen molar-refractivity contribution in [2.45, 2.75) is 32.2 Å². The van der Waals surface area contributed by atoms with Gasteiger partial charge in [0.2, 0.25) is 5.91 Å². The minimum atomic E-state index is -0.272. The minimum absolute atomic E-state index is 0.124. The second-order valence-electron chi connectivity index (χ2n) is 5.52. The molecule has 4 nitrogen and oxygen atoms in total. The number of halogens is 1. The molecule has 1 saturated heterocycles. The molecule has 0 aliphatic carbocycles. The Morgan fingerprint density at radius 3 is 2.90 bits per heavy atom.